The molecule has 15 heavy (non-hydrogen) atoms. The highest BCUT2D eigenvalue weighted by molar-refractivity contribution is 7.99. The predicted octanol–water partition coefficient (Wildman–Crippen LogP) is 2.72. The van der Waals surface area contributed by atoms with Gasteiger partial charge in [-0.3, -0.25) is 0 Å². The first-order chi connectivity index (χ1) is 7.02. The van der Waals surface area contributed by atoms with Gasteiger partial charge in [-0.25, -0.2) is 4.79 Å². The first-order valence-corrected chi connectivity index (χ1v) is 5.75. The molecule has 3 N–H and O–H groups in total. The minimum absolute atomic E-state index is 0.292. The molecule has 0 amide bonds. The monoisotopic (exact) mass is 225 g/mol. The van der Waals surface area contributed by atoms with Crippen LogP contribution in [-0.2, 0) is 0 Å². The van der Waals surface area contributed by atoms with Gasteiger partial charge in [0.2, 0.25) is 0 Å². The lowest BCUT2D eigenvalue weighted by molar-refractivity contribution is 0.0693. The van der Waals surface area contributed by atoms with Crippen LogP contribution < -0.4 is 5.73 Å². The van der Waals surface area contributed by atoms with E-state index in [0.29, 0.717) is 22.1 Å². The Kier molecular flexibility index (Phi) is 4.03. The summed E-state index contributed by atoms with van der Waals surface area (Å²) in [5.74, 6) is 0.457. The molecule has 0 saturated carbocycles. The topological polar surface area (TPSA) is 63.3 Å². The van der Waals surface area contributed by atoms with Crippen molar-refractivity contribution in [1.29, 1.82) is 0 Å². The van der Waals surface area contributed by atoms with E-state index < -0.39 is 5.97 Å². The van der Waals surface area contributed by atoms with Gasteiger partial charge in [-0.05, 0) is 18.1 Å². The normalized spacial score (nSPS) is 10.6. The number of thioether (sulfide) groups is 1. The van der Waals surface area contributed by atoms with Crippen molar-refractivity contribution in [3.8, 4) is 0 Å². The molecule has 1 aromatic rings. The third-order valence-corrected chi connectivity index (χ3v) is 3.41. The number of hydrogen-bond donors (Lipinski definition) is 2. The quantitative estimate of drug-likeness (QED) is 0.611. The Labute approximate surface area is 93.7 Å². The Hall–Kier alpha value is -1.16. The van der Waals surface area contributed by atoms with E-state index in [2.05, 4.69) is 13.8 Å². The molecule has 1 aromatic carbocycles. The van der Waals surface area contributed by atoms with Gasteiger partial charge in [-0.2, -0.15) is 0 Å². The molecule has 0 spiro atoms. The number of nitrogen functional groups attached to an aromatic ring is 1. The maximum absolute atomic E-state index is 10.9. The summed E-state index contributed by atoms with van der Waals surface area (Å²) in [4.78, 5) is 11.6. The van der Waals surface area contributed by atoms with E-state index in [4.69, 9.17) is 10.8 Å². The zero-order valence-electron chi connectivity index (χ0n) is 8.86. The lowest BCUT2D eigenvalue weighted by Gasteiger charge is -2.10. The van der Waals surface area contributed by atoms with Gasteiger partial charge >= 0.3 is 5.97 Å². The van der Waals surface area contributed by atoms with E-state index in [-0.39, 0.29) is 0 Å². The molecule has 0 aromatic heterocycles. The van der Waals surface area contributed by atoms with Crippen LogP contribution in [0.3, 0.4) is 0 Å². The van der Waals surface area contributed by atoms with Crippen molar-refractivity contribution in [2.75, 3.05) is 11.5 Å². The Morgan fingerprint density at radius 2 is 2.20 bits per heavy atom. The van der Waals surface area contributed by atoms with Crippen LogP contribution in [0.1, 0.15) is 24.2 Å². The van der Waals surface area contributed by atoms with Gasteiger partial charge in [0, 0.05) is 16.3 Å². The van der Waals surface area contributed by atoms with E-state index in [0.717, 1.165) is 5.75 Å². The van der Waals surface area contributed by atoms with Crippen molar-refractivity contribution in [3.63, 3.8) is 0 Å². The second-order valence-corrected chi connectivity index (χ2v) is 4.76. The van der Waals surface area contributed by atoms with Gasteiger partial charge in [0.05, 0.1) is 5.56 Å². The van der Waals surface area contributed by atoms with Gasteiger partial charge in [0.25, 0.3) is 0 Å². The van der Waals surface area contributed by atoms with Crippen LogP contribution in [0.4, 0.5) is 5.69 Å². The van der Waals surface area contributed by atoms with E-state index in [1.807, 2.05) is 0 Å². The maximum Gasteiger partial charge on any atom is 0.336 e. The summed E-state index contributed by atoms with van der Waals surface area (Å²) in [6.45, 7) is 4.18. The van der Waals surface area contributed by atoms with Crippen molar-refractivity contribution < 1.29 is 9.90 Å². The first-order valence-electron chi connectivity index (χ1n) is 4.77. The number of nitrogens with two attached hydrogens (primary N) is 1. The third-order valence-electron chi connectivity index (χ3n) is 1.84. The number of carbonyl (C=O) groups is 1. The smallest absolute Gasteiger partial charge is 0.336 e. The van der Waals surface area contributed by atoms with Crippen LogP contribution in [0.5, 0.6) is 0 Å². The molecule has 82 valence electrons. The van der Waals surface area contributed by atoms with Crippen molar-refractivity contribution in [1.82, 2.24) is 0 Å². The molecule has 0 unspecified atom stereocenters. The molecule has 0 fully saturated rings. The highest BCUT2D eigenvalue weighted by Crippen LogP contribution is 2.30. The number of hydrogen-bond acceptors (Lipinski definition) is 3. The van der Waals surface area contributed by atoms with Crippen LogP contribution in [0.25, 0.3) is 0 Å². The average Bonchev–Trinajstić information content (AvgIpc) is 2.15. The highest BCUT2D eigenvalue weighted by atomic mass is 32.2. The van der Waals surface area contributed by atoms with E-state index in [1.165, 1.54) is 11.8 Å². The average molecular weight is 225 g/mol. The van der Waals surface area contributed by atoms with E-state index in [9.17, 15) is 4.79 Å². The molecular formula is C11H15NO2S. The molecule has 0 heterocycles. The Morgan fingerprint density at radius 1 is 1.53 bits per heavy atom. The molecule has 0 saturated heterocycles. The zero-order valence-corrected chi connectivity index (χ0v) is 9.67. The zero-order chi connectivity index (χ0) is 11.4. The summed E-state index contributed by atoms with van der Waals surface area (Å²) in [5, 5.41) is 8.99. The molecule has 3 nitrogen and oxygen atoms in total. The number of carboxylic acids is 1. The summed E-state index contributed by atoms with van der Waals surface area (Å²) < 4.78 is 0. The molecule has 4 heteroatoms. The number of anilines is 1. The summed E-state index contributed by atoms with van der Waals surface area (Å²) in [6.07, 6.45) is 0. The molecule has 0 atom stereocenters. The van der Waals surface area contributed by atoms with Crippen molar-refractivity contribution in [3.05, 3.63) is 23.8 Å². The van der Waals surface area contributed by atoms with Crippen molar-refractivity contribution >= 4 is 23.4 Å². The van der Waals surface area contributed by atoms with E-state index >= 15 is 0 Å². The lowest BCUT2D eigenvalue weighted by Crippen LogP contribution is -2.03. The molecule has 0 aliphatic carbocycles. The fourth-order valence-corrected chi connectivity index (χ4v) is 2.18. The van der Waals surface area contributed by atoms with Crippen LogP contribution in [-0.4, -0.2) is 16.8 Å². The summed E-state index contributed by atoms with van der Waals surface area (Å²) >= 11 is 1.50. The van der Waals surface area contributed by atoms with Gasteiger partial charge < -0.3 is 10.8 Å². The summed E-state index contributed by atoms with van der Waals surface area (Å²) in [5.41, 5.74) is 6.60. The van der Waals surface area contributed by atoms with Crippen molar-refractivity contribution in [2.45, 2.75) is 18.7 Å². The Bertz CT molecular complexity index is 364. The first kappa shape index (κ1) is 11.9. The highest BCUT2D eigenvalue weighted by Gasteiger charge is 2.13. The Balaban J connectivity index is 2.97. The third kappa shape index (κ3) is 3.16. The number of aromatic carboxylic acids is 1. The Morgan fingerprint density at radius 3 is 2.73 bits per heavy atom. The number of carboxylic acid groups (broad SMARTS) is 1. The molecule has 0 radical (unpaired) electrons. The van der Waals surface area contributed by atoms with Gasteiger partial charge in [-0.1, -0.05) is 19.9 Å². The van der Waals surface area contributed by atoms with Crippen LogP contribution >= 0.6 is 11.8 Å². The van der Waals surface area contributed by atoms with Crippen molar-refractivity contribution in [2.24, 2.45) is 5.92 Å². The van der Waals surface area contributed by atoms with Crippen LogP contribution in [0.15, 0.2) is 23.1 Å². The van der Waals surface area contributed by atoms with Gasteiger partial charge in [0.1, 0.15) is 0 Å². The SMILES string of the molecule is CC(C)CSc1c(N)cccc1C(=O)O. The van der Waals surface area contributed by atoms with Crippen LogP contribution in [0, 0.1) is 5.92 Å². The fourth-order valence-electron chi connectivity index (χ4n) is 1.13. The number of benzene rings is 1. The summed E-state index contributed by atoms with van der Waals surface area (Å²) in [7, 11) is 0. The van der Waals surface area contributed by atoms with Gasteiger partial charge in [-0.15, -0.1) is 11.8 Å². The minimum Gasteiger partial charge on any atom is -0.478 e. The standard InChI is InChI=1S/C11H15NO2S/c1-7(2)6-15-10-8(11(13)14)4-3-5-9(10)12/h3-5,7H,6,12H2,1-2H3,(H,13,14). The molecular weight excluding hydrogens is 210 g/mol. The molecule has 1 rings (SSSR count). The predicted molar refractivity (Wildman–Crippen MR) is 63.4 cm³/mol. The lowest BCUT2D eigenvalue weighted by atomic mass is 10.2. The van der Waals surface area contributed by atoms with Gasteiger partial charge in [0.15, 0.2) is 0 Å². The van der Waals surface area contributed by atoms with Crippen LogP contribution in [0.2, 0.25) is 0 Å². The largest absolute Gasteiger partial charge is 0.478 e. The second-order valence-electron chi connectivity index (χ2n) is 3.73. The molecule has 0 aliphatic heterocycles. The second kappa shape index (κ2) is 5.07. The maximum atomic E-state index is 10.9. The molecule has 0 aliphatic rings. The fraction of sp³-hybridized carbons (Fsp3) is 0.364. The minimum atomic E-state index is -0.923. The van der Waals surface area contributed by atoms with E-state index in [1.54, 1.807) is 18.2 Å². The summed E-state index contributed by atoms with van der Waals surface area (Å²) in [6, 6.07) is 4.98. The number of rotatable bonds is 4. The molecule has 0 bridgehead atoms.